The SMILES string of the molecule is O=C1NCc2nc(-c3c(F)cccc3F)nc(Nc3ccc(CC(=O)N4CCC[C@@H]4CO)cc3)c21. The number of hydrogen-bond acceptors (Lipinski definition) is 6. The normalized spacial score (nSPS) is 16.8. The molecule has 0 aliphatic carbocycles. The molecule has 3 aromatic rings. The smallest absolute Gasteiger partial charge is 0.257 e. The summed E-state index contributed by atoms with van der Waals surface area (Å²) in [6.45, 7) is 0.737. The number of fused-ring (bicyclic) bond motifs is 1. The maximum absolute atomic E-state index is 14.4. The third-order valence-corrected chi connectivity index (χ3v) is 6.29. The van der Waals surface area contributed by atoms with E-state index >= 15 is 0 Å². The summed E-state index contributed by atoms with van der Waals surface area (Å²) in [6, 6.07) is 10.4. The van der Waals surface area contributed by atoms with Crippen LogP contribution in [-0.2, 0) is 17.8 Å². The third kappa shape index (κ3) is 4.44. The highest BCUT2D eigenvalue weighted by Gasteiger charge is 2.29. The van der Waals surface area contributed by atoms with Gasteiger partial charge < -0.3 is 20.6 Å². The third-order valence-electron chi connectivity index (χ3n) is 6.29. The van der Waals surface area contributed by atoms with E-state index in [0.717, 1.165) is 30.5 Å². The second kappa shape index (κ2) is 9.38. The molecule has 1 fully saturated rings. The second-order valence-electron chi connectivity index (χ2n) is 8.56. The van der Waals surface area contributed by atoms with Crippen LogP contribution in [0.3, 0.4) is 0 Å². The van der Waals surface area contributed by atoms with Gasteiger partial charge in [-0.25, -0.2) is 18.7 Å². The summed E-state index contributed by atoms with van der Waals surface area (Å²) in [7, 11) is 0. The van der Waals surface area contributed by atoms with Crippen molar-refractivity contribution >= 4 is 23.3 Å². The molecule has 2 aliphatic rings. The van der Waals surface area contributed by atoms with Crippen LogP contribution in [-0.4, -0.2) is 51.0 Å². The van der Waals surface area contributed by atoms with Crippen molar-refractivity contribution < 1.29 is 23.5 Å². The number of nitrogens with one attached hydrogen (secondary N) is 2. The van der Waals surface area contributed by atoms with Crippen molar-refractivity contribution in [3.63, 3.8) is 0 Å². The molecule has 8 nitrogen and oxygen atoms in total. The van der Waals surface area contributed by atoms with Crippen LogP contribution in [0.4, 0.5) is 20.3 Å². The molecule has 5 rings (SSSR count). The number of benzene rings is 2. The largest absolute Gasteiger partial charge is 0.394 e. The average molecular weight is 479 g/mol. The Hall–Kier alpha value is -3.92. The zero-order valence-electron chi connectivity index (χ0n) is 18.7. The first-order chi connectivity index (χ1) is 16.9. The van der Waals surface area contributed by atoms with Crippen molar-refractivity contribution in [1.82, 2.24) is 20.2 Å². The summed E-state index contributed by atoms with van der Waals surface area (Å²) in [4.78, 5) is 35.2. The van der Waals surface area contributed by atoms with Gasteiger partial charge in [-0.3, -0.25) is 9.59 Å². The minimum Gasteiger partial charge on any atom is -0.394 e. The Kier molecular flexibility index (Phi) is 6.12. The van der Waals surface area contributed by atoms with Gasteiger partial charge in [0, 0.05) is 12.2 Å². The van der Waals surface area contributed by atoms with Gasteiger partial charge in [-0.2, -0.15) is 0 Å². The first-order valence-electron chi connectivity index (χ1n) is 11.3. The standard InChI is InChI=1S/C25H23F2N5O3/c26-17-4-1-5-18(27)21(17)23-30-19-12-28-25(35)22(19)24(31-23)29-15-8-6-14(7-9-15)11-20(34)32-10-2-3-16(32)13-33/h1,4-9,16,33H,2-3,10-13H2,(H,28,35)(H,29,30,31)/t16-/m1/s1. The van der Waals surface area contributed by atoms with Gasteiger partial charge in [0.15, 0.2) is 5.82 Å². The Morgan fingerprint density at radius 2 is 1.86 bits per heavy atom. The minimum atomic E-state index is -0.802. The fourth-order valence-corrected chi connectivity index (χ4v) is 4.51. The fraction of sp³-hybridized carbons (Fsp3) is 0.280. The molecule has 2 aliphatic heterocycles. The minimum absolute atomic E-state index is 0.0375. The first kappa shape index (κ1) is 22.9. The van der Waals surface area contributed by atoms with Crippen molar-refractivity contribution in [3.05, 3.63) is 70.9 Å². The maximum atomic E-state index is 14.4. The van der Waals surface area contributed by atoms with Gasteiger partial charge in [0.1, 0.15) is 23.0 Å². The lowest BCUT2D eigenvalue weighted by atomic mass is 10.1. The lowest BCUT2D eigenvalue weighted by Gasteiger charge is -2.23. The first-order valence-corrected chi connectivity index (χ1v) is 11.3. The zero-order valence-corrected chi connectivity index (χ0v) is 18.7. The molecule has 0 unspecified atom stereocenters. The number of likely N-dealkylation sites (tertiary alicyclic amines) is 1. The molecular weight excluding hydrogens is 456 g/mol. The van der Waals surface area contributed by atoms with Crippen LogP contribution in [0.5, 0.6) is 0 Å². The molecule has 1 atom stereocenters. The molecule has 3 N–H and O–H groups in total. The molecule has 0 spiro atoms. The molecule has 35 heavy (non-hydrogen) atoms. The van der Waals surface area contributed by atoms with Gasteiger partial charge >= 0.3 is 0 Å². The molecule has 0 bridgehead atoms. The summed E-state index contributed by atoms with van der Waals surface area (Å²) >= 11 is 0. The lowest BCUT2D eigenvalue weighted by Crippen LogP contribution is -2.38. The van der Waals surface area contributed by atoms with Crippen LogP contribution in [0.15, 0.2) is 42.5 Å². The van der Waals surface area contributed by atoms with Gasteiger partial charge in [-0.1, -0.05) is 18.2 Å². The van der Waals surface area contributed by atoms with Crippen LogP contribution in [0.25, 0.3) is 11.4 Å². The van der Waals surface area contributed by atoms with E-state index in [1.807, 2.05) is 0 Å². The number of carbonyl (C=O) groups excluding carboxylic acids is 2. The van der Waals surface area contributed by atoms with Gasteiger partial charge in [-0.15, -0.1) is 0 Å². The molecule has 180 valence electrons. The van der Waals surface area contributed by atoms with E-state index in [1.165, 1.54) is 6.07 Å². The quantitative estimate of drug-likeness (QED) is 0.502. The van der Waals surface area contributed by atoms with E-state index in [0.29, 0.717) is 17.9 Å². The summed E-state index contributed by atoms with van der Waals surface area (Å²) in [5.41, 5.74) is 1.57. The van der Waals surface area contributed by atoms with E-state index < -0.39 is 11.6 Å². The molecule has 2 amide bonds. The summed E-state index contributed by atoms with van der Waals surface area (Å²) in [5, 5.41) is 15.2. The Balaban J connectivity index is 1.39. The lowest BCUT2D eigenvalue weighted by molar-refractivity contribution is -0.132. The molecule has 1 aromatic heterocycles. The van der Waals surface area contributed by atoms with E-state index in [2.05, 4.69) is 20.6 Å². The van der Waals surface area contributed by atoms with Crippen LogP contribution in [0, 0.1) is 11.6 Å². The molecular formula is C25H23F2N5O3. The molecule has 0 radical (unpaired) electrons. The molecule has 0 saturated carbocycles. The average Bonchev–Trinajstić information content (AvgIpc) is 3.47. The van der Waals surface area contributed by atoms with Gasteiger partial charge in [-0.05, 0) is 42.7 Å². The number of aliphatic hydroxyl groups excluding tert-OH is 1. The van der Waals surface area contributed by atoms with E-state index in [1.54, 1.807) is 29.2 Å². The number of hydrogen-bond donors (Lipinski definition) is 3. The van der Waals surface area contributed by atoms with Crippen LogP contribution in [0.1, 0.15) is 34.5 Å². The fourth-order valence-electron chi connectivity index (χ4n) is 4.51. The maximum Gasteiger partial charge on any atom is 0.257 e. The molecule has 3 heterocycles. The predicted molar refractivity (Wildman–Crippen MR) is 124 cm³/mol. The molecule has 10 heteroatoms. The number of amides is 2. The van der Waals surface area contributed by atoms with E-state index in [4.69, 9.17) is 0 Å². The van der Waals surface area contributed by atoms with Crippen LogP contribution < -0.4 is 10.6 Å². The Morgan fingerprint density at radius 1 is 1.11 bits per heavy atom. The Labute approximate surface area is 200 Å². The van der Waals surface area contributed by atoms with Crippen molar-refractivity contribution in [3.8, 4) is 11.4 Å². The Bertz CT molecular complexity index is 1280. The van der Waals surface area contributed by atoms with Crippen molar-refractivity contribution in [1.29, 1.82) is 0 Å². The summed E-state index contributed by atoms with van der Waals surface area (Å²) in [6.07, 6.45) is 1.90. The highest BCUT2D eigenvalue weighted by Crippen LogP contribution is 2.30. The monoisotopic (exact) mass is 479 g/mol. The van der Waals surface area contributed by atoms with Gasteiger partial charge in [0.25, 0.3) is 5.91 Å². The zero-order chi connectivity index (χ0) is 24.5. The van der Waals surface area contributed by atoms with Crippen LogP contribution in [0.2, 0.25) is 0 Å². The number of carbonyl (C=O) groups is 2. The highest BCUT2D eigenvalue weighted by molar-refractivity contribution is 6.03. The van der Waals surface area contributed by atoms with Gasteiger partial charge in [0.2, 0.25) is 5.91 Å². The molecule has 1 saturated heterocycles. The van der Waals surface area contributed by atoms with Crippen molar-refractivity contribution in [2.45, 2.75) is 31.8 Å². The number of halogens is 2. The van der Waals surface area contributed by atoms with Crippen molar-refractivity contribution in [2.24, 2.45) is 0 Å². The number of anilines is 2. The second-order valence-corrected chi connectivity index (χ2v) is 8.56. The van der Waals surface area contributed by atoms with Gasteiger partial charge in [0.05, 0.1) is 36.9 Å². The highest BCUT2D eigenvalue weighted by atomic mass is 19.1. The van der Waals surface area contributed by atoms with E-state index in [9.17, 15) is 23.5 Å². The molecule has 2 aromatic carbocycles. The van der Waals surface area contributed by atoms with E-state index in [-0.39, 0.29) is 60.2 Å². The number of nitrogens with zero attached hydrogens (tertiary/aromatic N) is 3. The predicted octanol–water partition coefficient (Wildman–Crippen LogP) is 2.93. The number of aromatic nitrogens is 2. The summed E-state index contributed by atoms with van der Waals surface area (Å²) < 4.78 is 28.7. The summed E-state index contributed by atoms with van der Waals surface area (Å²) in [5.74, 6) is -2.05. The van der Waals surface area contributed by atoms with Crippen molar-refractivity contribution in [2.75, 3.05) is 18.5 Å². The van der Waals surface area contributed by atoms with Crippen LogP contribution >= 0.6 is 0 Å². The number of aliphatic hydroxyl groups is 1. The topological polar surface area (TPSA) is 107 Å². The number of rotatable bonds is 6. The Morgan fingerprint density at radius 3 is 2.57 bits per heavy atom.